The summed E-state index contributed by atoms with van der Waals surface area (Å²) in [5.41, 5.74) is 5.48. The number of halogens is 1. The molecule has 0 bridgehead atoms. The first-order valence-electron chi connectivity index (χ1n) is 11.4. The summed E-state index contributed by atoms with van der Waals surface area (Å²) in [6, 6.07) is 3.97. The van der Waals surface area contributed by atoms with E-state index in [0.717, 1.165) is 6.42 Å². The molecular weight excluding hydrogens is 441 g/mol. The van der Waals surface area contributed by atoms with Crippen LogP contribution in [0, 0.1) is 17.2 Å². The van der Waals surface area contributed by atoms with Crippen LogP contribution in [0.5, 0.6) is 0 Å². The predicted octanol–water partition coefficient (Wildman–Crippen LogP) is 1.73. The third kappa shape index (κ3) is 6.33. The molecule has 2 aromatic rings. The van der Waals surface area contributed by atoms with E-state index in [9.17, 15) is 23.6 Å². The first kappa shape index (κ1) is 25.2. The molecule has 1 saturated heterocycles. The van der Waals surface area contributed by atoms with Gasteiger partial charge in [-0.3, -0.25) is 19.2 Å². The van der Waals surface area contributed by atoms with E-state index in [-0.39, 0.29) is 35.4 Å². The second-order valence-corrected chi connectivity index (χ2v) is 10.0. The number of carbonyl (C=O) groups is 4. The maximum absolute atomic E-state index is 14.0. The summed E-state index contributed by atoms with van der Waals surface area (Å²) < 4.78 is 14.0. The minimum absolute atomic E-state index is 0.0877. The van der Waals surface area contributed by atoms with Crippen molar-refractivity contribution in [2.45, 2.75) is 58.5 Å². The number of benzene rings is 1. The molecule has 3 unspecified atom stereocenters. The molecule has 1 aromatic heterocycles. The molecule has 1 fully saturated rings. The van der Waals surface area contributed by atoms with Crippen molar-refractivity contribution >= 4 is 34.5 Å². The number of primary amides is 1. The lowest BCUT2D eigenvalue weighted by Gasteiger charge is -2.29. The van der Waals surface area contributed by atoms with E-state index in [1.807, 2.05) is 20.8 Å². The number of nitrogens with one attached hydrogen (secondary N) is 4. The number of hydrogen-bond donors (Lipinski definition) is 5. The van der Waals surface area contributed by atoms with Gasteiger partial charge in [-0.05, 0) is 43.2 Å². The van der Waals surface area contributed by atoms with Crippen LogP contribution in [-0.4, -0.2) is 47.2 Å². The number of rotatable bonds is 8. The summed E-state index contributed by atoms with van der Waals surface area (Å²) in [7, 11) is 0. The van der Waals surface area contributed by atoms with Crippen LogP contribution in [0.1, 0.15) is 56.9 Å². The van der Waals surface area contributed by atoms with Crippen molar-refractivity contribution in [3.63, 3.8) is 0 Å². The SMILES string of the molecule is CC(C)(C)CC(NC(=O)c1cc2cccc(F)c2[nH]1)C(=O)NC(CC1CCCNC1=O)C(N)=O. The molecule has 6 N–H and O–H groups in total. The standard InChI is InChI=1S/C24H32FN5O4/c1-24(2,3)12-18(30-22(33)17-10-13-6-4-8-15(25)19(13)28-17)23(34)29-16(20(26)31)11-14-7-5-9-27-21(14)32/h4,6,8,10,14,16,18,28H,5,7,9,11-12H2,1-3H3,(H2,26,31)(H,27,32)(H,29,34)(H,30,33). The lowest BCUT2D eigenvalue weighted by atomic mass is 9.87. The lowest BCUT2D eigenvalue weighted by Crippen LogP contribution is -2.55. The van der Waals surface area contributed by atoms with Gasteiger partial charge < -0.3 is 26.7 Å². The number of nitrogens with two attached hydrogens (primary N) is 1. The van der Waals surface area contributed by atoms with E-state index in [1.165, 1.54) is 12.1 Å². The van der Waals surface area contributed by atoms with E-state index in [1.54, 1.807) is 12.1 Å². The highest BCUT2D eigenvalue weighted by molar-refractivity contribution is 6.00. The Morgan fingerprint density at radius 2 is 1.94 bits per heavy atom. The van der Waals surface area contributed by atoms with Crippen LogP contribution in [0.2, 0.25) is 0 Å². The number of amides is 4. The zero-order valence-corrected chi connectivity index (χ0v) is 19.7. The summed E-state index contributed by atoms with van der Waals surface area (Å²) in [6.07, 6.45) is 1.74. The number of aromatic amines is 1. The summed E-state index contributed by atoms with van der Waals surface area (Å²) in [5, 5.41) is 8.59. The molecule has 3 rings (SSSR count). The summed E-state index contributed by atoms with van der Waals surface area (Å²) in [5.74, 6) is -3.00. The highest BCUT2D eigenvalue weighted by atomic mass is 19.1. The first-order chi connectivity index (χ1) is 15.9. The Kier molecular flexibility index (Phi) is 7.58. The second kappa shape index (κ2) is 10.2. The molecule has 2 heterocycles. The third-order valence-electron chi connectivity index (χ3n) is 5.87. The van der Waals surface area contributed by atoms with Crippen molar-refractivity contribution < 1.29 is 23.6 Å². The fourth-order valence-electron chi connectivity index (χ4n) is 4.16. The largest absolute Gasteiger partial charge is 0.368 e. The summed E-state index contributed by atoms with van der Waals surface area (Å²) >= 11 is 0. The van der Waals surface area contributed by atoms with Crippen LogP contribution in [0.15, 0.2) is 24.3 Å². The van der Waals surface area contributed by atoms with Crippen molar-refractivity contribution in [3.8, 4) is 0 Å². The van der Waals surface area contributed by atoms with E-state index < -0.39 is 41.5 Å². The monoisotopic (exact) mass is 473 g/mol. The Bertz CT molecular complexity index is 1090. The van der Waals surface area contributed by atoms with E-state index >= 15 is 0 Å². The average molecular weight is 474 g/mol. The summed E-state index contributed by atoms with van der Waals surface area (Å²) in [4.78, 5) is 53.0. The van der Waals surface area contributed by atoms with Gasteiger partial charge in [0.1, 0.15) is 23.6 Å². The van der Waals surface area contributed by atoms with Gasteiger partial charge in [-0.2, -0.15) is 0 Å². The fourth-order valence-corrected chi connectivity index (χ4v) is 4.16. The Morgan fingerprint density at radius 1 is 1.21 bits per heavy atom. The fraction of sp³-hybridized carbons (Fsp3) is 0.500. The molecule has 0 spiro atoms. The molecular formula is C24H32FN5O4. The predicted molar refractivity (Wildman–Crippen MR) is 125 cm³/mol. The third-order valence-corrected chi connectivity index (χ3v) is 5.87. The Hall–Kier alpha value is -3.43. The van der Waals surface area contributed by atoms with Gasteiger partial charge >= 0.3 is 0 Å². The average Bonchev–Trinajstić information content (AvgIpc) is 3.19. The topological polar surface area (TPSA) is 146 Å². The minimum Gasteiger partial charge on any atom is -0.368 e. The molecule has 0 aliphatic carbocycles. The Labute approximate surface area is 197 Å². The minimum atomic E-state index is -1.05. The highest BCUT2D eigenvalue weighted by Crippen LogP contribution is 2.23. The number of piperidine rings is 1. The van der Waals surface area contributed by atoms with Crippen LogP contribution in [0.25, 0.3) is 10.9 Å². The molecule has 0 saturated carbocycles. The zero-order chi connectivity index (χ0) is 25.0. The molecule has 3 atom stereocenters. The highest BCUT2D eigenvalue weighted by Gasteiger charge is 2.33. The number of aromatic nitrogens is 1. The van der Waals surface area contributed by atoms with Gasteiger partial charge in [0.2, 0.25) is 17.7 Å². The molecule has 34 heavy (non-hydrogen) atoms. The summed E-state index contributed by atoms with van der Waals surface area (Å²) in [6.45, 7) is 6.32. The molecule has 4 amide bonds. The van der Waals surface area contributed by atoms with Gasteiger partial charge in [0.25, 0.3) is 5.91 Å². The molecule has 1 aromatic carbocycles. The smallest absolute Gasteiger partial charge is 0.268 e. The zero-order valence-electron chi connectivity index (χ0n) is 19.7. The van der Waals surface area contributed by atoms with Crippen LogP contribution in [-0.2, 0) is 14.4 Å². The van der Waals surface area contributed by atoms with Gasteiger partial charge in [0.05, 0.1) is 5.52 Å². The Balaban J connectivity index is 1.76. The van der Waals surface area contributed by atoms with Crippen LogP contribution in [0.4, 0.5) is 4.39 Å². The molecule has 9 nitrogen and oxygen atoms in total. The van der Waals surface area contributed by atoms with E-state index in [2.05, 4.69) is 20.9 Å². The second-order valence-electron chi connectivity index (χ2n) is 10.0. The Morgan fingerprint density at radius 3 is 2.56 bits per heavy atom. The van der Waals surface area contributed by atoms with Gasteiger partial charge in [-0.15, -0.1) is 0 Å². The van der Waals surface area contributed by atoms with E-state index in [4.69, 9.17) is 5.73 Å². The molecule has 184 valence electrons. The van der Waals surface area contributed by atoms with E-state index in [0.29, 0.717) is 18.4 Å². The maximum Gasteiger partial charge on any atom is 0.268 e. The van der Waals surface area contributed by atoms with Crippen molar-refractivity contribution in [1.29, 1.82) is 0 Å². The van der Waals surface area contributed by atoms with Crippen molar-refractivity contribution in [2.75, 3.05) is 6.54 Å². The molecule has 1 aliphatic heterocycles. The van der Waals surface area contributed by atoms with Crippen LogP contribution in [0.3, 0.4) is 0 Å². The quantitative estimate of drug-likeness (QED) is 0.397. The number of carbonyl (C=O) groups excluding carboxylic acids is 4. The van der Waals surface area contributed by atoms with Crippen molar-refractivity contribution in [2.24, 2.45) is 17.1 Å². The normalized spacial score (nSPS) is 18.1. The van der Waals surface area contributed by atoms with Gasteiger partial charge in [-0.25, -0.2) is 4.39 Å². The van der Waals surface area contributed by atoms with Gasteiger partial charge in [0.15, 0.2) is 0 Å². The van der Waals surface area contributed by atoms with Crippen LogP contribution >= 0.6 is 0 Å². The number of fused-ring (bicyclic) bond motifs is 1. The first-order valence-corrected chi connectivity index (χ1v) is 11.4. The van der Waals surface area contributed by atoms with Gasteiger partial charge in [0, 0.05) is 17.8 Å². The lowest BCUT2D eigenvalue weighted by molar-refractivity contribution is -0.131. The molecule has 10 heteroatoms. The maximum atomic E-state index is 14.0. The van der Waals surface area contributed by atoms with Crippen molar-refractivity contribution in [3.05, 3.63) is 35.8 Å². The molecule has 1 aliphatic rings. The molecule has 0 radical (unpaired) electrons. The number of hydrogen-bond acceptors (Lipinski definition) is 4. The number of para-hydroxylation sites is 1. The number of H-pyrrole nitrogens is 1. The van der Waals surface area contributed by atoms with Crippen molar-refractivity contribution in [1.82, 2.24) is 20.9 Å². The van der Waals surface area contributed by atoms with Gasteiger partial charge in [-0.1, -0.05) is 32.9 Å². The van der Waals surface area contributed by atoms with Crippen LogP contribution < -0.4 is 21.7 Å².